The summed E-state index contributed by atoms with van der Waals surface area (Å²) in [5, 5.41) is 10.1. The highest BCUT2D eigenvalue weighted by Crippen LogP contribution is 2.30. The molecule has 0 aliphatic carbocycles. The van der Waals surface area contributed by atoms with Crippen LogP contribution in [0.4, 0.5) is 0 Å². The predicted octanol–water partition coefficient (Wildman–Crippen LogP) is 2.05. The van der Waals surface area contributed by atoms with Crippen molar-refractivity contribution in [2.75, 3.05) is 13.2 Å². The van der Waals surface area contributed by atoms with Crippen molar-refractivity contribution < 1.29 is 19.4 Å². The average Bonchev–Trinajstić information content (AvgIpc) is 2.68. The van der Waals surface area contributed by atoms with Gasteiger partial charge < -0.3 is 14.6 Å². The topological polar surface area (TPSA) is 55.8 Å². The van der Waals surface area contributed by atoms with Crippen LogP contribution in [0.5, 0.6) is 11.5 Å². The Morgan fingerprint density at radius 1 is 1.50 bits per heavy atom. The van der Waals surface area contributed by atoms with E-state index in [4.69, 9.17) is 9.47 Å². The van der Waals surface area contributed by atoms with Gasteiger partial charge in [0.15, 0.2) is 6.61 Å². The Balaban J connectivity index is 2.06. The van der Waals surface area contributed by atoms with E-state index < -0.39 is 5.60 Å². The molecule has 1 aromatic rings. The molecule has 1 atom stereocenters. The van der Waals surface area contributed by atoms with Crippen molar-refractivity contribution in [3.8, 4) is 11.5 Å². The summed E-state index contributed by atoms with van der Waals surface area (Å²) in [4.78, 5) is 11.4. The first kappa shape index (κ1) is 12.9. The van der Waals surface area contributed by atoms with Gasteiger partial charge in [-0.2, -0.15) is 0 Å². The number of Topliss-reactive ketones (excluding diaryl/α,β-unsaturated/α-hetero) is 1. The summed E-state index contributed by atoms with van der Waals surface area (Å²) in [5.74, 6) is 1.25. The summed E-state index contributed by atoms with van der Waals surface area (Å²) in [5.41, 5.74) is -0.284. The number of carbonyl (C=O) groups is 1. The lowest BCUT2D eigenvalue weighted by molar-refractivity contribution is -0.0266. The molecule has 1 unspecified atom stereocenters. The summed E-state index contributed by atoms with van der Waals surface area (Å²) in [6.45, 7) is 5.92. The second-order valence-corrected chi connectivity index (χ2v) is 5.17. The van der Waals surface area contributed by atoms with Crippen LogP contribution in [-0.4, -0.2) is 29.7 Å². The Hall–Kier alpha value is -1.55. The van der Waals surface area contributed by atoms with E-state index in [0.717, 1.165) is 0 Å². The van der Waals surface area contributed by atoms with Gasteiger partial charge in [0, 0.05) is 6.07 Å². The molecular formula is C14H18O4. The second kappa shape index (κ2) is 4.61. The van der Waals surface area contributed by atoms with Crippen LogP contribution in [0.2, 0.25) is 0 Å². The highest BCUT2D eigenvalue weighted by Gasteiger charge is 2.26. The predicted molar refractivity (Wildman–Crippen MR) is 67.2 cm³/mol. The van der Waals surface area contributed by atoms with E-state index >= 15 is 0 Å². The van der Waals surface area contributed by atoms with Gasteiger partial charge in [0.1, 0.15) is 18.1 Å². The minimum atomic E-state index is -0.879. The number of aliphatic hydroxyl groups is 1. The van der Waals surface area contributed by atoms with Gasteiger partial charge in [-0.05, 0) is 25.0 Å². The first-order valence-corrected chi connectivity index (χ1v) is 6.05. The smallest absolute Gasteiger partial charge is 0.203 e. The van der Waals surface area contributed by atoms with Gasteiger partial charge in [-0.15, -0.1) is 0 Å². The van der Waals surface area contributed by atoms with Gasteiger partial charge in [-0.3, -0.25) is 4.79 Å². The van der Waals surface area contributed by atoms with E-state index in [9.17, 15) is 9.90 Å². The molecule has 0 fully saturated rings. The maximum atomic E-state index is 11.4. The van der Waals surface area contributed by atoms with Gasteiger partial charge in [0.25, 0.3) is 0 Å². The Bertz CT molecular complexity index is 463. The van der Waals surface area contributed by atoms with E-state index in [1.807, 2.05) is 13.8 Å². The Morgan fingerprint density at radius 2 is 2.22 bits per heavy atom. The lowest BCUT2D eigenvalue weighted by Gasteiger charge is -2.27. The lowest BCUT2D eigenvalue weighted by Crippen LogP contribution is -2.37. The third-order valence-electron chi connectivity index (χ3n) is 3.39. The lowest BCUT2D eigenvalue weighted by atomic mass is 9.94. The molecule has 0 saturated heterocycles. The zero-order chi connectivity index (χ0) is 13.3. The van der Waals surface area contributed by atoms with Crippen molar-refractivity contribution in [1.29, 1.82) is 0 Å². The number of benzene rings is 1. The number of ketones is 1. The molecule has 4 heteroatoms. The summed E-state index contributed by atoms with van der Waals surface area (Å²) in [6.07, 6.45) is 0. The zero-order valence-electron chi connectivity index (χ0n) is 10.9. The van der Waals surface area contributed by atoms with Gasteiger partial charge in [-0.1, -0.05) is 13.8 Å². The number of rotatable bonds is 4. The van der Waals surface area contributed by atoms with E-state index in [-0.39, 0.29) is 24.9 Å². The van der Waals surface area contributed by atoms with E-state index in [2.05, 4.69) is 0 Å². The molecule has 1 aliphatic rings. The monoisotopic (exact) mass is 250 g/mol. The van der Waals surface area contributed by atoms with Crippen LogP contribution < -0.4 is 9.47 Å². The van der Waals surface area contributed by atoms with Crippen molar-refractivity contribution in [3.05, 3.63) is 23.8 Å². The minimum absolute atomic E-state index is 0.00859. The molecule has 1 N–H and O–H groups in total. The maximum Gasteiger partial charge on any atom is 0.203 e. The Kier molecular flexibility index (Phi) is 3.30. The van der Waals surface area contributed by atoms with Crippen LogP contribution in [-0.2, 0) is 0 Å². The van der Waals surface area contributed by atoms with E-state index in [1.165, 1.54) is 0 Å². The fourth-order valence-corrected chi connectivity index (χ4v) is 1.56. The van der Waals surface area contributed by atoms with E-state index in [0.29, 0.717) is 17.1 Å². The van der Waals surface area contributed by atoms with Crippen LogP contribution in [0.1, 0.15) is 31.1 Å². The molecule has 0 saturated carbocycles. The van der Waals surface area contributed by atoms with Crippen LogP contribution in [0, 0.1) is 5.92 Å². The number of hydrogen-bond acceptors (Lipinski definition) is 4. The SMILES string of the molecule is CC(C)C(C)(O)COc1ccc2c(c1)OCC2=O. The molecule has 0 radical (unpaired) electrons. The molecular weight excluding hydrogens is 232 g/mol. The molecule has 0 spiro atoms. The summed E-state index contributed by atoms with van der Waals surface area (Å²) < 4.78 is 10.8. The maximum absolute atomic E-state index is 11.4. The first-order valence-electron chi connectivity index (χ1n) is 6.05. The van der Waals surface area contributed by atoms with Crippen molar-refractivity contribution in [2.24, 2.45) is 5.92 Å². The van der Waals surface area contributed by atoms with Gasteiger partial charge in [-0.25, -0.2) is 0 Å². The zero-order valence-corrected chi connectivity index (χ0v) is 10.9. The average molecular weight is 250 g/mol. The van der Waals surface area contributed by atoms with Gasteiger partial charge in [0.05, 0.1) is 11.2 Å². The highest BCUT2D eigenvalue weighted by molar-refractivity contribution is 6.02. The fourth-order valence-electron chi connectivity index (χ4n) is 1.56. The molecule has 1 aromatic carbocycles. The summed E-state index contributed by atoms with van der Waals surface area (Å²) in [6, 6.07) is 5.11. The molecule has 18 heavy (non-hydrogen) atoms. The third-order valence-corrected chi connectivity index (χ3v) is 3.39. The largest absolute Gasteiger partial charge is 0.490 e. The Labute approximate surface area is 107 Å². The molecule has 0 amide bonds. The molecule has 1 aliphatic heterocycles. The fraction of sp³-hybridized carbons (Fsp3) is 0.500. The second-order valence-electron chi connectivity index (χ2n) is 5.17. The van der Waals surface area contributed by atoms with Gasteiger partial charge in [0.2, 0.25) is 5.78 Å². The van der Waals surface area contributed by atoms with Crippen LogP contribution in [0.25, 0.3) is 0 Å². The van der Waals surface area contributed by atoms with E-state index in [1.54, 1.807) is 25.1 Å². The molecule has 4 nitrogen and oxygen atoms in total. The summed E-state index contributed by atoms with van der Waals surface area (Å²) in [7, 11) is 0. The normalized spacial score (nSPS) is 17.3. The van der Waals surface area contributed by atoms with Crippen molar-refractivity contribution in [1.82, 2.24) is 0 Å². The standard InChI is InChI=1S/C14H18O4/c1-9(2)14(3,16)8-18-10-4-5-11-12(15)7-17-13(11)6-10/h4-6,9,16H,7-8H2,1-3H3. The van der Waals surface area contributed by atoms with Crippen molar-refractivity contribution in [3.63, 3.8) is 0 Å². The molecule has 1 heterocycles. The Morgan fingerprint density at radius 3 is 2.89 bits per heavy atom. The van der Waals surface area contributed by atoms with Crippen LogP contribution in [0.3, 0.4) is 0 Å². The summed E-state index contributed by atoms with van der Waals surface area (Å²) >= 11 is 0. The minimum Gasteiger partial charge on any atom is -0.490 e. The number of carbonyl (C=O) groups excluding carboxylic acids is 1. The molecule has 98 valence electrons. The number of ether oxygens (including phenoxy) is 2. The molecule has 2 rings (SSSR count). The van der Waals surface area contributed by atoms with Gasteiger partial charge >= 0.3 is 0 Å². The molecule has 0 bridgehead atoms. The third kappa shape index (κ3) is 2.48. The molecule has 0 aromatic heterocycles. The van der Waals surface area contributed by atoms with Crippen LogP contribution in [0.15, 0.2) is 18.2 Å². The number of fused-ring (bicyclic) bond motifs is 1. The van der Waals surface area contributed by atoms with Crippen molar-refractivity contribution >= 4 is 5.78 Å². The highest BCUT2D eigenvalue weighted by atomic mass is 16.5. The van der Waals surface area contributed by atoms with Crippen LogP contribution >= 0.6 is 0 Å². The first-order chi connectivity index (χ1) is 8.40. The van der Waals surface area contributed by atoms with Crippen molar-refractivity contribution in [2.45, 2.75) is 26.4 Å². The quantitative estimate of drug-likeness (QED) is 0.888. The number of hydrogen-bond donors (Lipinski definition) is 1.